The molecule has 11 aromatic rings. The molecule has 0 radical (unpaired) electrons. The van der Waals surface area contributed by atoms with Crippen LogP contribution in [0.1, 0.15) is 22.9 Å². The van der Waals surface area contributed by atoms with Crippen molar-refractivity contribution in [2.24, 2.45) is 9.98 Å². The number of furan rings is 1. The van der Waals surface area contributed by atoms with Crippen LogP contribution in [0.25, 0.3) is 82.1 Å². The fraction of sp³-hybridized carbons (Fsp3) is 0.0189. The summed E-state index contributed by atoms with van der Waals surface area (Å²) in [5.41, 5.74) is 10.1. The van der Waals surface area contributed by atoms with Crippen LogP contribution in [0.15, 0.2) is 209 Å². The van der Waals surface area contributed by atoms with Crippen molar-refractivity contribution in [2.45, 2.75) is 6.17 Å². The minimum atomic E-state index is -0.609. The van der Waals surface area contributed by atoms with Crippen molar-refractivity contribution in [3.05, 3.63) is 211 Å². The van der Waals surface area contributed by atoms with E-state index in [4.69, 9.17) is 14.4 Å². The predicted molar refractivity (Wildman–Crippen MR) is 240 cm³/mol. The predicted octanol–water partition coefficient (Wildman–Crippen LogP) is 13.2. The first-order chi connectivity index (χ1) is 28.7. The fourth-order valence-electron chi connectivity index (χ4n) is 8.79. The van der Waals surface area contributed by atoms with Gasteiger partial charge < -0.3 is 14.3 Å². The van der Waals surface area contributed by atoms with Crippen LogP contribution in [-0.2, 0) is 0 Å². The van der Waals surface area contributed by atoms with E-state index < -0.39 is 6.17 Å². The van der Waals surface area contributed by atoms with E-state index in [0.29, 0.717) is 0 Å². The lowest BCUT2D eigenvalue weighted by atomic mass is 10.0. The molecule has 12 rings (SSSR count). The van der Waals surface area contributed by atoms with Crippen molar-refractivity contribution >= 4 is 77.0 Å². The first-order valence-corrected chi connectivity index (χ1v) is 19.7. The van der Waals surface area contributed by atoms with E-state index in [1.54, 1.807) is 0 Å². The third-order valence-electron chi connectivity index (χ3n) is 11.6. The van der Waals surface area contributed by atoms with Crippen molar-refractivity contribution in [3.63, 3.8) is 0 Å². The average molecular weight is 743 g/mol. The lowest BCUT2D eigenvalue weighted by molar-refractivity contribution is 0.665. The molecule has 0 fully saturated rings. The molecular formula is C53H34N4O. The number of fused-ring (bicyclic) bond motifs is 8. The fourth-order valence-corrected chi connectivity index (χ4v) is 8.79. The van der Waals surface area contributed by atoms with Crippen LogP contribution in [0.2, 0.25) is 0 Å². The van der Waals surface area contributed by atoms with Crippen molar-refractivity contribution < 1.29 is 4.42 Å². The molecule has 58 heavy (non-hydrogen) atoms. The quantitative estimate of drug-likeness (QED) is 0.191. The largest absolute Gasteiger partial charge is 0.456 e. The smallest absolute Gasteiger partial charge is 0.171 e. The highest BCUT2D eigenvalue weighted by atomic mass is 16.3. The van der Waals surface area contributed by atoms with Crippen LogP contribution in [0, 0.1) is 0 Å². The van der Waals surface area contributed by atoms with Crippen LogP contribution < -0.4 is 5.32 Å². The third-order valence-corrected chi connectivity index (χ3v) is 11.6. The number of nitrogens with one attached hydrogen (secondary N) is 1. The van der Waals surface area contributed by atoms with Gasteiger partial charge in [0.2, 0.25) is 0 Å². The Kier molecular flexibility index (Phi) is 7.23. The number of rotatable bonds is 5. The summed E-state index contributed by atoms with van der Waals surface area (Å²) >= 11 is 0. The van der Waals surface area contributed by atoms with Gasteiger partial charge >= 0.3 is 0 Å². The van der Waals surface area contributed by atoms with Crippen LogP contribution in [-0.4, -0.2) is 16.2 Å². The first kappa shape index (κ1) is 32.5. The highest BCUT2D eigenvalue weighted by molar-refractivity contribution is 6.18. The van der Waals surface area contributed by atoms with Gasteiger partial charge in [0.25, 0.3) is 0 Å². The Labute approximate surface area is 333 Å². The molecule has 0 saturated carbocycles. The van der Waals surface area contributed by atoms with Crippen LogP contribution in [0.3, 0.4) is 0 Å². The first-order valence-electron chi connectivity index (χ1n) is 19.7. The summed E-state index contributed by atoms with van der Waals surface area (Å²) in [4.78, 5) is 11.0. The molecule has 0 saturated heterocycles. The van der Waals surface area contributed by atoms with E-state index in [1.807, 2.05) is 18.2 Å². The Balaban J connectivity index is 1.15. The number of nitrogens with zero attached hydrogens (tertiary/aromatic N) is 3. The van der Waals surface area contributed by atoms with Crippen molar-refractivity contribution in [3.8, 4) is 16.8 Å². The number of amidine groups is 2. The zero-order chi connectivity index (χ0) is 38.2. The van der Waals surface area contributed by atoms with Gasteiger partial charge in [-0.3, -0.25) is 0 Å². The van der Waals surface area contributed by atoms with Gasteiger partial charge in [-0.15, -0.1) is 0 Å². The molecule has 1 atom stereocenters. The standard InChI is InChI=1S/C53H34N4O/c1-2-13-33(14-3-1)36-19-12-20-39(27-36)51-54-52(40-26-25-34-15-4-5-16-35(34)28-40)56-53(55-51)45-32-50-44(42-22-9-11-24-49(42)58-50)31-48(45)57-46-23-10-8-21-41(46)43-29-37-17-6-7-18-38(37)30-47(43)57/h1-32,53H,(H,54,55,56). The van der Waals surface area contributed by atoms with Gasteiger partial charge in [-0.2, -0.15) is 0 Å². The van der Waals surface area contributed by atoms with Gasteiger partial charge in [0, 0.05) is 38.2 Å². The third kappa shape index (κ3) is 5.25. The molecule has 0 bridgehead atoms. The topological polar surface area (TPSA) is 54.8 Å². The van der Waals surface area contributed by atoms with Crippen LogP contribution in [0.4, 0.5) is 0 Å². The monoisotopic (exact) mass is 742 g/mol. The van der Waals surface area contributed by atoms with Crippen molar-refractivity contribution in [2.75, 3.05) is 0 Å². The van der Waals surface area contributed by atoms with Gasteiger partial charge in [0.05, 0.1) is 16.7 Å². The second-order valence-corrected chi connectivity index (χ2v) is 15.0. The highest BCUT2D eigenvalue weighted by Gasteiger charge is 2.27. The SMILES string of the molecule is c1ccc(-c2cccc(C3=NC(c4cc5oc6ccccc6c5cc4-n4c5ccccc5c5cc6ccccc6cc54)N=C(c4ccc5ccccc5c4)N3)c2)cc1. The summed E-state index contributed by atoms with van der Waals surface area (Å²) < 4.78 is 9.01. The van der Waals surface area contributed by atoms with Crippen molar-refractivity contribution in [1.82, 2.24) is 9.88 Å². The maximum Gasteiger partial charge on any atom is 0.171 e. The Bertz CT molecular complexity index is 3500. The van der Waals surface area contributed by atoms with E-state index in [-0.39, 0.29) is 0 Å². The highest BCUT2D eigenvalue weighted by Crippen LogP contribution is 2.42. The summed E-state index contributed by atoms with van der Waals surface area (Å²) in [6.45, 7) is 0. The number of benzene rings is 9. The lowest BCUT2D eigenvalue weighted by Crippen LogP contribution is -2.36. The zero-order valence-corrected chi connectivity index (χ0v) is 31.3. The Morgan fingerprint density at radius 2 is 1.03 bits per heavy atom. The summed E-state index contributed by atoms with van der Waals surface area (Å²) in [5, 5.41) is 12.9. The number of hydrogen-bond acceptors (Lipinski definition) is 4. The second kappa shape index (κ2) is 12.9. The lowest BCUT2D eigenvalue weighted by Gasteiger charge is -2.25. The van der Waals surface area contributed by atoms with Gasteiger partial charge in [-0.25, -0.2) is 9.98 Å². The Morgan fingerprint density at radius 3 is 1.86 bits per heavy atom. The van der Waals surface area contributed by atoms with Crippen molar-refractivity contribution in [1.29, 1.82) is 0 Å². The van der Waals surface area contributed by atoms with E-state index in [9.17, 15) is 0 Å². The minimum Gasteiger partial charge on any atom is -0.456 e. The Hall–Kier alpha value is -7.76. The summed E-state index contributed by atoms with van der Waals surface area (Å²) in [6, 6.07) is 68.7. The van der Waals surface area contributed by atoms with Gasteiger partial charge in [-0.1, -0.05) is 146 Å². The molecule has 9 aromatic carbocycles. The Morgan fingerprint density at radius 1 is 0.397 bits per heavy atom. The molecule has 1 aliphatic heterocycles. The number of aliphatic imine (C=N–C) groups is 2. The van der Waals surface area contributed by atoms with E-state index in [0.717, 1.165) is 83.5 Å². The molecule has 1 N–H and O–H groups in total. The number of aromatic nitrogens is 1. The molecule has 3 heterocycles. The van der Waals surface area contributed by atoms with Crippen LogP contribution >= 0.6 is 0 Å². The van der Waals surface area contributed by atoms with Crippen LogP contribution in [0.5, 0.6) is 0 Å². The molecule has 1 aliphatic rings. The maximum absolute atomic E-state index is 6.60. The van der Waals surface area contributed by atoms with E-state index >= 15 is 0 Å². The molecule has 5 nitrogen and oxygen atoms in total. The number of hydrogen-bond donors (Lipinski definition) is 1. The molecule has 1 unspecified atom stereocenters. The number of para-hydroxylation sites is 2. The van der Waals surface area contributed by atoms with E-state index in [2.05, 4.69) is 186 Å². The normalized spacial score (nSPS) is 14.4. The second-order valence-electron chi connectivity index (χ2n) is 15.0. The minimum absolute atomic E-state index is 0.609. The van der Waals surface area contributed by atoms with Gasteiger partial charge in [0.1, 0.15) is 22.8 Å². The molecule has 5 heteroatoms. The van der Waals surface area contributed by atoms with E-state index in [1.165, 1.54) is 26.9 Å². The molecule has 0 aliphatic carbocycles. The summed E-state index contributed by atoms with van der Waals surface area (Å²) in [5.74, 6) is 1.51. The molecule has 0 spiro atoms. The summed E-state index contributed by atoms with van der Waals surface area (Å²) in [7, 11) is 0. The zero-order valence-electron chi connectivity index (χ0n) is 31.3. The molecule has 0 amide bonds. The van der Waals surface area contributed by atoms with Gasteiger partial charge in [0.15, 0.2) is 6.17 Å². The molecular weight excluding hydrogens is 709 g/mol. The average Bonchev–Trinajstić information content (AvgIpc) is 3.82. The molecule has 2 aromatic heterocycles. The maximum atomic E-state index is 6.60. The molecule has 272 valence electrons. The summed E-state index contributed by atoms with van der Waals surface area (Å²) in [6.07, 6.45) is -0.609. The van der Waals surface area contributed by atoms with Gasteiger partial charge in [-0.05, 0) is 81.2 Å².